The van der Waals surface area contributed by atoms with Crippen molar-refractivity contribution in [1.82, 2.24) is 0 Å². The summed E-state index contributed by atoms with van der Waals surface area (Å²) in [5.41, 5.74) is 1.60. The lowest BCUT2D eigenvalue weighted by molar-refractivity contribution is -0.129. The Kier molecular flexibility index (Phi) is 4.85. The number of benzene rings is 2. The van der Waals surface area contributed by atoms with Crippen molar-refractivity contribution < 1.29 is 18.4 Å². The first-order chi connectivity index (χ1) is 11.8. The third-order valence-corrected chi connectivity index (χ3v) is 4.62. The number of hydrogen-bond donors (Lipinski definition) is 1. The van der Waals surface area contributed by atoms with E-state index in [0.29, 0.717) is 12.1 Å². The minimum absolute atomic E-state index is 0.123. The van der Waals surface area contributed by atoms with Crippen LogP contribution < -0.4 is 10.2 Å². The quantitative estimate of drug-likeness (QED) is 0.779. The van der Waals surface area contributed by atoms with Crippen LogP contribution in [-0.4, -0.2) is 18.4 Å². The topological polar surface area (TPSA) is 49.4 Å². The maximum absolute atomic E-state index is 13.4. The van der Waals surface area contributed by atoms with Crippen LogP contribution in [0, 0.1) is 24.5 Å². The molecule has 2 aromatic rings. The first-order valence-electron chi connectivity index (χ1n) is 7.69. The van der Waals surface area contributed by atoms with Gasteiger partial charge in [0.15, 0.2) is 0 Å². The number of nitrogens with one attached hydrogen (secondary N) is 1. The summed E-state index contributed by atoms with van der Waals surface area (Å²) in [6.45, 7) is 2.08. The van der Waals surface area contributed by atoms with Crippen molar-refractivity contribution in [3.63, 3.8) is 0 Å². The number of carbonyl (C=O) groups excluding carboxylic acids is 2. The van der Waals surface area contributed by atoms with Crippen LogP contribution >= 0.6 is 15.9 Å². The molecule has 1 saturated heterocycles. The summed E-state index contributed by atoms with van der Waals surface area (Å²) in [6, 6.07) is 8.30. The van der Waals surface area contributed by atoms with Crippen molar-refractivity contribution in [3.8, 4) is 0 Å². The zero-order chi connectivity index (χ0) is 18.1. The van der Waals surface area contributed by atoms with Gasteiger partial charge in [-0.05, 0) is 49.2 Å². The maximum atomic E-state index is 13.4. The highest BCUT2D eigenvalue weighted by Crippen LogP contribution is 2.28. The molecule has 1 atom stereocenters. The van der Waals surface area contributed by atoms with Gasteiger partial charge < -0.3 is 10.2 Å². The second-order valence-electron chi connectivity index (χ2n) is 5.91. The Morgan fingerprint density at radius 3 is 2.52 bits per heavy atom. The van der Waals surface area contributed by atoms with Gasteiger partial charge in [0, 0.05) is 28.5 Å². The molecule has 0 bridgehead atoms. The molecular formula is C18H15BrF2N2O2. The summed E-state index contributed by atoms with van der Waals surface area (Å²) in [4.78, 5) is 26.2. The highest BCUT2D eigenvalue weighted by molar-refractivity contribution is 9.10. The van der Waals surface area contributed by atoms with Crippen molar-refractivity contribution in [2.45, 2.75) is 13.3 Å². The summed E-state index contributed by atoms with van der Waals surface area (Å²) >= 11 is 3.35. The van der Waals surface area contributed by atoms with Crippen LogP contribution in [0.1, 0.15) is 12.0 Å². The van der Waals surface area contributed by atoms with E-state index < -0.39 is 29.4 Å². The SMILES string of the molecule is Cc1cc(Br)ccc1NC(=O)C1CCN(c2cc(F)cc(F)c2)C1=O. The Morgan fingerprint density at radius 2 is 1.88 bits per heavy atom. The van der Waals surface area contributed by atoms with Crippen molar-refractivity contribution in [2.24, 2.45) is 5.92 Å². The lowest BCUT2D eigenvalue weighted by Gasteiger charge is -2.17. The summed E-state index contributed by atoms with van der Waals surface area (Å²) in [6.07, 6.45) is 0.290. The Labute approximate surface area is 152 Å². The van der Waals surface area contributed by atoms with Crippen molar-refractivity contribution in [1.29, 1.82) is 0 Å². The van der Waals surface area contributed by atoms with Crippen molar-refractivity contribution in [3.05, 3.63) is 58.1 Å². The Bertz CT molecular complexity index is 837. The van der Waals surface area contributed by atoms with Gasteiger partial charge in [0.05, 0.1) is 0 Å². The summed E-state index contributed by atoms with van der Waals surface area (Å²) in [7, 11) is 0. The van der Waals surface area contributed by atoms with Gasteiger partial charge in [0.2, 0.25) is 11.8 Å². The molecule has 3 rings (SSSR count). The number of halogens is 3. The van der Waals surface area contributed by atoms with Gasteiger partial charge in [-0.1, -0.05) is 15.9 Å². The Morgan fingerprint density at radius 1 is 1.20 bits per heavy atom. The van der Waals surface area contributed by atoms with Crippen LogP contribution in [0.15, 0.2) is 40.9 Å². The van der Waals surface area contributed by atoms with E-state index in [9.17, 15) is 18.4 Å². The van der Waals surface area contributed by atoms with E-state index >= 15 is 0 Å². The Balaban J connectivity index is 1.76. The molecule has 0 aromatic heterocycles. The third kappa shape index (κ3) is 3.71. The minimum Gasteiger partial charge on any atom is -0.325 e. The fourth-order valence-corrected chi connectivity index (χ4v) is 3.34. The number of aryl methyl sites for hydroxylation is 1. The monoisotopic (exact) mass is 408 g/mol. The predicted octanol–water partition coefficient (Wildman–Crippen LogP) is 4.03. The smallest absolute Gasteiger partial charge is 0.239 e. The molecule has 7 heteroatoms. The number of carbonyl (C=O) groups is 2. The van der Waals surface area contributed by atoms with E-state index in [2.05, 4.69) is 21.2 Å². The molecule has 1 fully saturated rings. The molecular weight excluding hydrogens is 394 g/mol. The van der Waals surface area contributed by atoms with Gasteiger partial charge in [-0.25, -0.2) is 8.78 Å². The van der Waals surface area contributed by atoms with E-state index in [-0.39, 0.29) is 12.2 Å². The zero-order valence-electron chi connectivity index (χ0n) is 13.4. The lowest BCUT2D eigenvalue weighted by atomic mass is 10.1. The fraction of sp³-hybridized carbons (Fsp3) is 0.222. The molecule has 0 radical (unpaired) electrons. The fourth-order valence-electron chi connectivity index (χ4n) is 2.86. The standard InChI is InChI=1S/C18H15BrF2N2O2/c1-10-6-11(19)2-3-16(10)22-17(24)15-4-5-23(18(15)25)14-8-12(20)7-13(21)9-14/h2-3,6-9,15H,4-5H2,1H3,(H,22,24). The van der Waals surface area contributed by atoms with Crippen LogP contribution in [-0.2, 0) is 9.59 Å². The average molecular weight is 409 g/mol. The van der Waals surface area contributed by atoms with Gasteiger partial charge in [-0.15, -0.1) is 0 Å². The highest BCUT2D eigenvalue weighted by Gasteiger charge is 2.38. The summed E-state index contributed by atoms with van der Waals surface area (Å²) in [5.74, 6) is -3.29. The largest absolute Gasteiger partial charge is 0.325 e. The normalized spacial score (nSPS) is 17.0. The molecule has 4 nitrogen and oxygen atoms in total. The molecule has 1 aliphatic rings. The van der Waals surface area contributed by atoms with Crippen LogP contribution in [0.2, 0.25) is 0 Å². The number of anilines is 2. The average Bonchev–Trinajstić information content (AvgIpc) is 2.91. The molecule has 25 heavy (non-hydrogen) atoms. The van der Waals surface area contributed by atoms with E-state index in [1.165, 1.54) is 4.90 Å². The predicted molar refractivity (Wildman–Crippen MR) is 94.3 cm³/mol. The highest BCUT2D eigenvalue weighted by atomic mass is 79.9. The number of nitrogens with zero attached hydrogens (tertiary/aromatic N) is 1. The van der Waals surface area contributed by atoms with E-state index in [1.54, 1.807) is 12.1 Å². The van der Waals surface area contributed by atoms with Gasteiger partial charge >= 0.3 is 0 Å². The molecule has 0 saturated carbocycles. The van der Waals surface area contributed by atoms with Crippen molar-refractivity contribution >= 4 is 39.1 Å². The van der Waals surface area contributed by atoms with Gasteiger partial charge in [-0.2, -0.15) is 0 Å². The van der Waals surface area contributed by atoms with Gasteiger partial charge in [0.1, 0.15) is 17.6 Å². The third-order valence-electron chi connectivity index (χ3n) is 4.13. The number of rotatable bonds is 3. The van der Waals surface area contributed by atoms with Crippen molar-refractivity contribution in [2.75, 3.05) is 16.8 Å². The van der Waals surface area contributed by atoms with E-state index in [1.807, 2.05) is 13.0 Å². The second kappa shape index (κ2) is 6.92. The molecule has 0 spiro atoms. The summed E-state index contributed by atoms with van der Waals surface area (Å²) < 4.78 is 27.6. The van der Waals surface area contributed by atoms with Crippen LogP contribution in [0.4, 0.5) is 20.2 Å². The van der Waals surface area contributed by atoms with Gasteiger partial charge in [-0.3, -0.25) is 9.59 Å². The van der Waals surface area contributed by atoms with E-state index in [4.69, 9.17) is 0 Å². The van der Waals surface area contributed by atoms with Crippen LogP contribution in [0.25, 0.3) is 0 Å². The molecule has 1 N–H and O–H groups in total. The molecule has 2 aromatic carbocycles. The number of amides is 2. The zero-order valence-corrected chi connectivity index (χ0v) is 14.9. The second-order valence-corrected chi connectivity index (χ2v) is 6.82. The molecule has 1 unspecified atom stereocenters. The first-order valence-corrected chi connectivity index (χ1v) is 8.49. The molecule has 1 heterocycles. The molecule has 1 aliphatic heterocycles. The molecule has 2 amide bonds. The molecule has 130 valence electrons. The first kappa shape index (κ1) is 17.5. The lowest BCUT2D eigenvalue weighted by Crippen LogP contribution is -2.33. The van der Waals surface area contributed by atoms with Crippen LogP contribution in [0.5, 0.6) is 0 Å². The van der Waals surface area contributed by atoms with Gasteiger partial charge in [0.25, 0.3) is 0 Å². The van der Waals surface area contributed by atoms with Crippen LogP contribution in [0.3, 0.4) is 0 Å². The molecule has 0 aliphatic carbocycles. The Hall–Kier alpha value is -2.28. The number of hydrogen-bond acceptors (Lipinski definition) is 2. The summed E-state index contributed by atoms with van der Waals surface area (Å²) in [5, 5.41) is 2.75. The maximum Gasteiger partial charge on any atom is 0.239 e. The van der Waals surface area contributed by atoms with E-state index in [0.717, 1.165) is 28.2 Å². The minimum atomic E-state index is -0.880.